The summed E-state index contributed by atoms with van der Waals surface area (Å²) in [7, 11) is 0. The summed E-state index contributed by atoms with van der Waals surface area (Å²) in [6.07, 6.45) is 1.50. The summed E-state index contributed by atoms with van der Waals surface area (Å²) < 4.78 is 33.2. The van der Waals surface area contributed by atoms with Gasteiger partial charge in [0.05, 0.1) is 0 Å². The Balaban J connectivity index is -0.0000000812. The molecule has 8 nitrogen and oxygen atoms in total. The highest BCUT2D eigenvalue weighted by molar-refractivity contribution is 7.51. The third kappa shape index (κ3) is 91.7. The van der Waals surface area contributed by atoms with Crippen molar-refractivity contribution in [1.82, 2.24) is 0 Å². The average molecular weight is 306 g/mol. The molecule has 0 radical (unpaired) electrons. The van der Waals surface area contributed by atoms with E-state index >= 15 is 0 Å². The van der Waals surface area contributed by atoms with Crippen LogP contribution in [0.25, 0.3) is 0 Å². The van der Waals surface area contributed by atoms with E-state index in [1.165, 1.54) is 5.56 Å². The van der Waals surface area contributed by atoms with Crippen LogP contribution >= 0.6 is 0 Å². The van der Waals surface area contributed by atoms with Gasteiger partial charge in [-0.2, -0.15) is 16.8 Å². The zero-order valence-electron chi connectivity index (χ0n) is 9.65. The van der Waals surface area contributed by atoms with E-state index in [9.17, 15) is 0 Å². The minimum Gasteiger partial charge on any atom is -0.222 e. The lowest BCUT2D eigenvalue weighted by Gasteiger charge is -1.82. The Bertz CT molecular complexity index is 379. The minimum absolute atomic E-state index is 0.750. The Morgan fingerprint density at radius 1 is 0.842 bits per heavy atom. The molecule has 19 heavy (non-hydrogen) atoms. The van der Waals surface area contributed by atoms with Crippen LogP contribution in [0.1, 0.15) is 5.56 Å². The van der Waals surface area contributed by atoms with Crippen molar-refractivity contribution in [2.45, 2.75) is 6.92 Å². The largest absolute Gasteiger partial charge is 0.335 e. The van der Waals surface area contributed by atoms with Crippen molar-refractivity contribution in [2.75, 3.05) is 0 Å². The van der Waals surface area contributed by atoms with Crippen LogP contribution in [0.4, 0.5) is 0 Å². The van der Waals surface area contributed by atoms with Gasteiger partial charge < -0.3 is 0 Å². The lowest BCUT2D eigenvalue weighted by molar-refractivity contribution is 0.562. The van der Waals surface area contributed by atoms with Gasteiger partial charge in [0.1, 0.15) is 0 Å². The first-order chi connectivity index (χ1) is 9.05. The predicted octanol–water partition coefficient (Wildman–Crippen LogP) is 0.457. The van der Waals surface area contributed by atoms with E-state index in [1.807, 2.05) is 18.2 Å². The van der Waals surface area contributed by atoms with Gasteiger partial charge in [0.25, 0.3) is 0 Å². The van der Waals surface area contributed by atoms with Crippen molar-refractivity contribution in [3.8, 4) is 0 Å². The molecule has 1 aromatic carbocycles. The monoisotopic (exact) mass is 306 g/mol. The first-order valence-electron chi connectivity index (χ1n) is 3.99. The molecule has 0 atom stereocenters. The standard InChI is InChI=1S/C7H8.2CHNO.2O2S/c1-7-5-3-2-4-6-7;2*2-1-3;2*1-3-2/h2-6H,1H3;2*2H;;. The number of carbonyl (C=O) groups excluding carboxylic acids is 2. The topological polar surface area (TPSA) is 150 Å². The van der Waals surface area contributed by atoms with Crippen molar-refractivity contribution in [1.29, 1.82) is 10.8 Å². The molecule has 1 aromatic rings. The molecular weight excluding hydrogens is 296 g/mol. The van der Waals surface area contributed by atoms with Crippen LogP contribution < -0.4 is 0 Å². The summed E-state index contributed by atoms with van der Waals surface area (Å²) >= 11 is -1.50. The van der Waals surface area contributed by atoms with Crippen molar-refractivity contribution in [3.05, 3.63) is 35.9 Å². The summed E-state index contributed by atoms with van der Waals surface area (Å²) in [5, 5.41) is 10.8. The van der Waals surface area contributed by atoms with Gasteiger partial charge in [0.15, 0.2) is 0 Å². The van der Waals surface area contributed by atoms with Crippen molar-refractivity contribution in [2.24, 2.45) is 0 Å². The highest BCUT2D eigenvalue weighted by Gasteiger charge is 1.72. The maximum Gasteiger partial charge on any atom is 0.335 e. The molecule has 0 heterocycles. The Morgan fingerprint density at radius 2 is 1.05 bits per heavy atom. The van der Waals surface area contributed by atoms with Crippen LogP contribution in [0.3, 0.4) is 0 Å². The Morgan fingerprint density at radius 3 is 1.16 bits per heavy atom. The number of benzene rings is 1. The molecule has 0 aromatic heterocycles. The first-order valence-corrected chi connectivity index (χ1v) is 5.32. The van der Waals surface area contributed by atoms with Gasteiger partial charge in [-0.25, -0.2) is 20.4 Å². The van der Waals surface area contributed by atoms with Crippen molar-refractivity contribution >= 4 is 35.3 Å². The van der Waals surface area contributed by atoms with Crippen molar-refractivity contribution < 1.29 is 26.4 Å². The van der Waals surface area contributed by atoms with Gasteiger partial charge in [-0.15, -0.1) is 0 Å². The van der Waals surface area contributed by atoms with Gasteiger partial charge >= 0.3 is 23.1 Å². The molecule has 104 valence electrons. The highest BCUT2D eigenvalue weighted by atomic mass is 32.1. The van der Waals surface area contributed by atoms with Crippen LogP contribution in [-0.4, -0.2) is 29.0 Å². The molecule has 1 rings (SSSR count). The molecule has 0 amide bonds. The van der Waals surface area contributed by atoms with Gasteiger partial charge in [-0.3, -0.25) is 0 Å². The van der Waals surface area contributed by atoms with Gasteiger partial charge in [-0.1, -0.05) is 35.9 Å². The van der Waals surface area contributed by atoms with Gasteiger partial charge in [0, 0.05) is 0 Å². The van der Waals surface area contributed by atoms with E-state index in [4.69, 9.17) is 37.2 Å². The third-order valence-electron chi connectivity index (χ3n) is 0.940. The van der Waals surface area contributed by atoms with E-state index < -0.39 is 23.1 Å². The minimum atomic E-state index is -0.750. The van der Waals surface area contributed by atoms with Crippen LogP contribution in [0.2, 0.25) is 0 Å². The molecule has 10 heteroatoms. The van der Waals surface area contributed by atoms with Crippen LogP contribution in [-0.2, 0) is 32.7 Å². The molecule has 0 aliphatic rings. The molecule has 0 spiro atoms. The molecule has 0 unspecified atom stereocenters. The summed E-state index contributed by atoms with van der Waals surface area (Å²) in [6, 6.07) is 10.3. The molecule has 2 N–H and O–H groups in total. The summed E-state index contributed by atoms with van der Waals surface area (Å²) in [4.78, 5) is 16.7. The molecule has 0 aliphatic heterocycles. The SMILES string of the molecule is Cc1ccccc1.N=C=O.N=C=O.O=S=O.O=S=O. The number of nitrogens with one attached hydrogen (secondary N) is 2. The average Bonchev–Trinajstić information content (AvgIpc) is 2.34. The quantitative estimate of drug-likeness (QED) is 0.525. The Labute approximate surface area is 116 Å². The first kappa shape index (κ1) is 25.5. The second kappa shape index (κ2) is 36.1. The number of hydrogen-bond acceptors (Lipinski definition) is 8. The number of aryl methyl sites for hydroxylation is 1. The number of isocyanates is 2. The van der Waals surface area contributed by atoms with E-state index in [1.54, 1.807) is 0 Å². The van der Waals surface area contributed by atoms with Gasteiger partial charge in [-0.05, 0) is 6.92 Å². The zero-order chi connectivity index (χ0) is 15.9. The number of hydrogen-bond donors (Lipinski definition) is 2. The van der Waals surface area contributed by atoms with Crippen LogP contribution in [0, 0.1) is 17.7 Å². The zero-order valence-corrected chi connectivity index (χ0v) is 11.3. The predicted molar refractivity (Wildman–Crippen MR) is 65.8 cm³/mol. The molecule has 0 fully saturated rings. The number of rotatable bonds is 0. The molecule has 0 saturated heterocycles. The van der Waals surface area contributed by atoms with Gasteiger partial charge in [0.2, 0.25) is 12.2 Å². The summed E-state index contributed by atoms with van der Waals surface area (Å²) in [5.41, 5.74) is 1.32. The lowest BCUT2D eigenvalue weighted by atomic mass is 10.2. The fourth-order valence-corrected chi connectivity index (χ4v) is 0.534. The van der Waals surface area contributed by atoms with E-state index in [2.05, 4.69) is 19.1 Å². The van der Waals surface area contributed by atoms with Crippen LogP contribution in [0.5, 0.6) is 0 Å². The molecular formula is C9H10N2O6S2. The lowest BCUT2D eigenvalue weighted by Crippen LogP contribution is -1.62. The Kier molecular flexibility index (Phi) is 48.3. The fourth-order valence-electron chi connectivity index (χ4n) is 0.534. The van der Waals surface area contributed by atoms with E-state index in [0.717, 1.165) is 12.2 Å². The highest BCUT2D eigenvalue weighted by Crippen LogP contribution is 1.92. The second-order valence-corrected chi connectivity index (χ2v) is 2.27. The maximum absolute atomic E-state index is 8.35. The smallest absolute Gasteiger partial charge is 0.222 e. The van der Waals surface area contributed by atoms with Crippen molar-refractivity contribution in [3.63, 3.8) is 0 Å². The summed E-state index contributed by atoms with van der Waals surface area (Å²) in [5.74, 6) is 0. The summed E-state index contributed by atoms with van der Waals surface area (Å²) in [6.45, 7) is 2.08. The molecule has 0 bridgehead atoms. The second-order valence-electron chi connectivity index (χ2n) is 1.99. The molecule has 0 saturated carbocycles. The molecule has 0 aliphatic carbocycles. The van der Waals surface area contributed by atoms with Crippen LogP contribution in [0.15, 0.2) is 30.3 Å². The van der Waals surface area contributed by atoms with E-state index in [0.29, 0.717) is 0 Å². The third-order valence-corrected chi connectivity index (χ3v) is 0.940. The normalized spacial score (nSPS) is 5.32. The Hall–Kier alpha value is -2.38. The van der Waals surface area contributed by atoms with E-state index in [-0.39, 0.29) is 0 Å². The maximum atomic E-state index is 8.35. The fraction of sp³-hybridized carbons (Fsp3) is 0.111.